The van der Waals surface area contributed by atoms with Crippen LogP contribution in [-0.4, -0.2) is 16.5 Å². The smallest absolute Gasteiger partial charge is 0.267 e. The average Bonchev–Trinajstić information content (AvgIpc) is 2.86. The summed E-state index contributed by atoms with van der Waals surface area (Å²) in [6, 6.07) is 11.4. The lowest BCUT2D eigenvalue weighted by molar-refractivity contribution is -0.384. The topological polar surface area (TPSA) is 75.8 Å². The van der Waals surface area contributed by atoms with E-state index >= 15 is 0 Å². The van der Waals surface area contributed by atoms with E-state index in [9.17, 15) is 14.9 Å². The second-order valence-electron chi connectivity index (χ2n) is 5.65. The molecule has 1 heterocycles. The number of aryl methyl sites for hydroxylation is 1. The maximum Gasteiger partial charge on any atom is 0.280 e. The summed E-state index contributed by atoms with van der Waals surface area (Å²) in [4.78, 5) is 23.1. The molecule has 2 aromatic rings. The van der Waals surface area contributed by atoms with Crippen molar-refractivity contribution in [2.45, 2.75) is 13.8 Å². The lowest BCUT2D eigenvalue weighted by atomic mass is 10.1. The standard InChI is InChI=1S/C18H14ClN3O3/c1-11-6-7-14(10-17(11)19)21-18(23)16(12(2)20-21)9-13-4-3-5-15(8-13)22(24)25/h3-10H,1-2H3. The largest absolute Gasteiger partial charge is 0.280 e. The molecule has 0 saturated heterocycles. The van der Waals surface area contributed by atoms with Crippen LogP contribution in [0, 0.1) is 17.0 Å². The van der Waals surface area contributed by atoms with Gasteiger partial charge in [-0.05, 0) is 43.2 Å². The number of carbonyl (C=O) groups is 1. The summed E-state index contributed by atoms with van der Waals surface area (Å²) in [5.74, 6) is -0.302. The zero-order valence-electron chi connectivity index (χ0n) is 13.6. The summed E-state index contributed by atoms with van der Waals surface area (Å²) in [5, 5.41) is 17.0. The van der Waals surface area contributed by atoms with Crippen LogP contribution in [0.15, 0.2) is 53.1 Å². The SMILES string of the molecule is CC1=NN(c2ccc(C)c(Cl)c2)C(=O)C1=Cc1cccc([N+](=O)[O-])c1. The summed E-state index contributed by atoms with van der Waals surface area (Å²) >= 11 is 6.12. The normalized spacial score (nSPS) is 15.6. The zero-order chi connectivity index (χ0) is 18.1. The Bertz CT molecular complexity index is 950. The van der Waals surface area contributed by atoms with Gasteiger partial charge in [0.2, 0.25) is 0 Å². The molecule has 1 aliphatic heterocycles. The average molecular weight is 356 g/mol. The number of amides is 1. The van der Waals surface area contributed by atoms with E-state index in [0.717, 1.165) is 5.56 Å². The van der Waals surface area contributed by atoms with Gasteiger partial charge < -0.3 is 0 Å². The predicted molar refractivity (Wildman–Crippen MR) is 97.9 cm³/mol. The molecule has 25 heavy (non-hydrogen) atoms. The lowest BCUT2D eigenvalue weighted by Crippen LogP contribution is -2.21. The van der Waals surface area contributed by atoms with Gasteiger partial charge in [-0.1, -0.05) is 29.8 Å². The van der Waals surface area contributed by atoms with Crippen LogP contribution in [0.25, 0.3) is 6.08 Å². The van der Waals surface area contributed by atoms with Gasteiger partial charge in [0.05, 0.1) is 21.9 Å². The molecule has 0 saturated carbocycles. The van der Waals surface area contributed by atoms with E-state index in [4.69, 9.17) is 11.6 Å². The number of nitro benzene ring substituents is 1. The van der Waals surface area contributed by atoms with Gasteiger partial charge in [-0.15, -0.1) is 0 Å². The molecule has 2 aromatic carbocycles. The first-order valence-electron chi connectivity index (χ1n) is 7.49. The Morgan fingerprint density at radius 1 is 1.20 bits per heavy atom. The molecular formula is C18H14ClN3O3. The molecule has 0 aromatic heterocycles. The minimum Gasteiger partial charge on any atom is -0.267 e. The Morgan fingerprint density at radius 2 is 1.96 bits per heavy atom. The molecule has 0 radical (unpaired) electrons. The molecule has 1 aliphatic rings. The number of non-ortho nitro benzene ring substituents is 1. The van der Waals surface area contributed by atoms with Crippen LogP contribution in [0.3, 0.4) is 0 Å². The lowest BCUT2D eigenvalue weighted by Gasteiger charge is -2.12. The van der Waals surface area contributed by atoms with Gasteiger partial charge in [-0.2, -0.15) is 10.1 Å². The van der Waals surface area contributed by atoms with Crippen molar-refractivity contribution in [2.75, 3.05) is 5.01 Å². The molecule has 3 rings (SSSR count). The fourth-order valence-corrected chi connectivity index (χ4v) is 2.64. The van der Waals surface area contributed by atoms with E-state index < -0.39 is 4.92 Å². The highest BCUT2D eigenvalue weighted by atomic mass is 35.5. The first-order valence-corrected chi connectivity index (χ1v) is 7.87. The van der Waals surface area contributed by atoms with E-state index in [1.54, 1.807) is 37.3 Å². The molecular weight excluding hydrogens is 342 g/mol. The molecule has 0 unspecified atom stereocenters. The van der Waals surface area contributed by atoms with Gasteiger partial charge in [0.15, 0.2) is 0 Å². The van der Waals surface area contributed by atoms with E-state index in [1.165, 1.54) is 17.1 Å². The van der Waals surface area contributed by atoms with Crippen molar-refractivity contribution >= 4 is 40.7 Å². The third-order valence-electron chi connectivity index (χ3n) is 3.85. The molecule has 0 N–H and O–H groups in total. The Labute approximate surface area is 149 Å². The summed E-state index contributed by atoms with van der Waals surface area (Å²) in [5.41, 5.74) is 2.94. The number of hydrazone groups is 1. The highest BCUT2D eigenvalue weighted by Gasteiger charge is 2.29. The number of halogens is 1. The van der Waals surface area contributed by atoms with Gasteiger partial charge in [-0.25, -0.2) is 0 Å². The highest BCUT2D eigenvalue weighted by Crippen LogP contribution is 2.29. The number of nitro groups is 1. The van der Waals surface area contributed by atoms with Crippen LogP contribution >= 0.6 is 11.6 Å². The first-order chi connectivity index (χ1) is 11.9. The molecule has 7 heteroatoms. The quantitative estimate of drug-likeness (QED) is 0.466. The fourth-order valence-electron chi connectivity index (χ4n) is 2.47. The van der Waals surface area contributed by atoms with Crippen molar-refractivity contribution in [1.82, 2.24) is 0 Å². The molecule has 1 amide bonds. The number of anilines is 1. The fraction of sp³-hybridized carbons (Fsp3) is 0.111. The van der Waals surface area contributed by atoms with E-state index in [1.807, 2.05) is 13.0 Å². The Morgan fingerprint density at radius 3 is 2.64 bits per heavy atom. The number of carbonyl (C=O) groups excluding carboxylic acids is 1. The molecule has 0 aliphatic carbocycles. The number of nitrogens with zero attached hydrogens (tertiary/aromatic N) is 3. The van der Waals surface area contributed by atoms with Crippen molar-refractivity contribution in [3.8, 4) is 0 Å². The Balaban J connectivity index is 1.96. The van der Waals surface area contributed by atoms with Crippen molar-refractivity contribution in [1.29, 1.82) is 0 Å². The summed E-state index contributed by atoms with van der Waals surface area (Å²) in [7, 11) is 0. The van der Waals surface area contributed by atoms with Crippen molar-refractivity contribution in [2.24, 2.45) is 5.10 Å². The predicted octanol–water partition coefficient (Wildman–Crippen LogP) is 4.36. The van der Waals surface area contributed by atoms with E-state index in [-0.39, 0.29) is 11.6 Å². The van der Waals surface area contributed by atoms with Crippen LogP contribution < -0.4 is 5.01 Å². The minimum absolute atomic E-state index is 0.0310. The van der Waals surface area contributed by atoms with E-state index in [2.05, 4.69) is 5.10 Å². The maximum atomic E-state index is 12.7. The monoisotopic (exact) mass is 355 g/mol. The third kappa shape index (κ3) is 3.29. The van der Waals surface area contributed by atoms with Crippen LogP contribution in [-0.2, 0) is 4.79 Å². The van der Waals surface area contributed by atoms with Gasteiger partial charge in [0.25, 0.3) is 11.6 Å². The van der Waals surface area contributed by atoms with Gasteiger partial charge in [-0.3, -0.25) is 14.9 Å². The summed E-state index contributed by atoms with van der Waals surface area (Å²) < 4.78 is 0. The minimum atomic E-state index is -0.472. The molecule has 0 bridgehead atoms. The Hall–Kier alpha value is -2.99. The van der Waals surface area contributed by atoms with E-state index in [0.29, 0.717) is 27.6 Å². The van der Waals surface area contributed by atoms with Crippen molar-refractivity contribution in [3.05, 3.63) is 74.3 Å². The van der Waals surface area contributed by atoms with Gasteiger partial charge in [0, 0.05) is 17.2 Å². The second-order valence-corrected chi connectivity index (χ2v) is 6.05. The van der Waals surface area contributed by atoms with Crippen LogP contribution in [0.2, 0.25) is 5.02 Å². The third-order valence-corrected chi connectivity index (χ3v) is 4.26. The van der Waals surface area contributed by atoms with Gasteiger partial charge >= 0.3 is 0 Å². The van der Waals surface area contributed by atoms with Crippen LogP contribution in [0.1, 0.15) is 18.1 Å². The van der Waals surface area contributed by atoms with Crippen LogP contribution in [0.5, 0.6) is 0 Å². The second kappa shape index (κ2) is 6.49. The number of benzene rings is 2. The van der Waals surface area contributed by atoms with Crippen molar-refractivity contribution < 1.29 is 9.72 Å². The van der Waals surface area contributed by atoms with Gasteiger partial charge in [0.1, 0.15) is 0 Å². The number of hydrogen-bond donors (Lipinski definition) is 0. The molecule has 0 spiro atoms. The zero-order valence-corrected chi connectivity index (χ0v) is 14.3. The van der Waals surface area contributed by atoms with Crippen LogP contribution in [0.4, 0.5) is 11.4 Å². The highest BCUT2D eigenvalue weighted by molar-refractivity contribution is 6.33. The number of rotatable bonds is 3. The Kier molecular flexibility index (Phi) is 4.37. The first kappa shape index (κ1) is 16.9. The molecule has 126 valence electrons. The summed E-state index contributed by atoms with van der Waals surface area (Å²) in [6.07, 6.45) is 1.60. The maximum absolute atomic E-state index is 12.7. The molecule has 0 atom stereocenters. The number of hydrogen-bond acceptors (Lipinski definition) is 4. The molecule has 6 nitrogen and oxygen atoms in total. The van der Waals surface area contributed by atoms with Crippen molar-refractivity contribution in [3.63, 3.8) is 0 Å². The summed E-state index contributed by atoms with van der Waals surface area (Å²) in [6.45, 7) is 3.59. The molecule has 0 fully saturated rings.